The number of aromatic nitrogens is 3. The molecular formula is C17H21N3Na2O3S. The average Bonchev–Trinajstić information content (AvgIpc) is 3.01. The van der Waals surface area contributed by atoms with E-state index in [-0.39, 0.29) is 67.7 Å². The number of methoxy groups -OCH3 is 2. The molecule has 1 aromatic carbocycles. The van der Waals surface area contributed by atoms with E-state index in [2.05, 4.69) is 15.0 Å². The van der Waals surface area contributed by atoms with E-state index in [0.29, 0.717) is 5.16 Å². The zero-order chi connectivity index (χ0) is 17.3. The summed E-state index contributed by atoms with van der Waals surface area (Å²) in [6.45, 7) is 3.86. The number of nitrogens with zero attached hydrogens (tertiary/aromatic N) is 2. The van der Waals surface area contributed by atoms with E-state index in [0.717, 1.165) is 39.4 Å². The summed E-state index contributed by atoms with van der Waals surface area (Å²) >= 11 is 0. The van der Waals surface area contributed by atoms with Crippen LogP contribution in [0.1, 0.15) is 19.7 Å². The second-order valence-electron chi connectivity index (χ2n) is 5.46. The van der Waals surface area contributed by atoms with Gasteiger partial charge in [0.1, 0.15) is 11.5 Å². The van der Waals surface area contributed by atoms with Gasteiger partial charge in [-0.15, -0.1) is 0 Å². The molecule has 6 nitrogen and oxygen atoms in total. The molecule has 26 heavy (non-hydrogen) atoms. The minimum atomic E-state index is -1.33. The number of nitrogens with one attached hydrogen (secondary N) is 1. The molecule has 2 aromatic heterocycles. The van der Waals surface area contributed by atoms with Gasteiger partial charge in [0.25, 0.3) is 0 Å². The van der Waals surface area contributed by atoms with Gasteiger partial charge in [-0.25, -0.2) is 4.98 Å². The third kappa shape index (κ3) is 4.90. The molecule has 0 saturated heterocycles. The minimum absolute atomic E-state index is 0. The van der Waals surface area contributed by atoms with Gasteiger partial charge < -0.3 is 17.3 Å². The summed E-state index contributed by atoms with van der Waals surface area (Å²) in [5, 5.41) is 0.430. The number of rotatable bonds is 5. The Morgan fingerprint density at radius 1 is 1.19 bits per heavy atom. The van der Waals surface area contributed by atoms with Crippen molar-refractivity contribution in [2.75, 3.05) is 14.2 Å². The number of imidazole rings is 1. The predicted octanol–water partition coefficient (Wildman–Crippen LogP) is -2.87. The van der Waals surface area contributed by atoms with Crippen molar-refractivity contribution in [1.82, 2.24) is 15.0 Å². The molecule has 1 N–H and O–H groups in total. The fourth-order valence-corrected chi connectivity index (χ4v) is 3.71. The Morgan fingerprint density at radius 2 is 1.92 bits per heavy atom. The predicted molar refractivity (Wildman–Crippen MR) is 95.2 cm³/mol. The third-order valence-corrected chi connectivity index (χ3v) is 5.06. The molecular weight excluding hydrogens is 372 g/mol. The Labute approximate surface area is 202 Å². The molecule has 2 heterocycles. The molecule has 0 saturated carbocycles. The van der Waals surface area contributed by atoms with Gasteiger partial charge in [-0.2, -0.15) is 0 Å². The molecule has 0 radical (unpaired) electrons. The summed E-state index contributed by atoms with van der Waals surface area (Å²) in [6, 6.07) is 5.50. The van der Waals surface area contributed by atoms with Gasteiger partial charge >= 0.3 is 59.1 Å². The van der Waals surface area contributed by atoms with Crippen LogP contribution in [-0.4, -0.2) is 33.4 Å². The van der Waals surface area contributed by atoms with Gasteiger partial charge in [-0.05, 0) is 26.0 Å². The van der Waals surface area contributed by atoms with E-state index in [1.165, 1.54) is 0 Å². The van der Waals surface area contributed by atoms with Crippen LogP contribution in [-0.2, 0) is 16.6 Å². The van der Waals surface area contributed by atoms with Crippen LogP contribution in [0.4, 0.5) is 0 Å². The second kappa shape index (κ2) is 10.2. The van der Waals surface area contributed by atoms with Gasteiger partial charge in [-0.3, -0.25) is 9.19 Å². The number of ether oxygens (including phenoxy) is 2. The van der Waals surface area contributed by atoms with Crippen LogP contribution in [0, 0.1) is 13.8 Å². The zero-order valence-electron chi connectivity index (χ0n) is 18.0. The standard InChI is InChI=1S/C17H19N3O3S.2Na.2H/c1-10-8-18-15(11(2)16(10)23-4)9-24(21)17-19-13-6-5-12(22-3)7-14(13)20-17;;;;/h5-8H,9H2,1-4H3,(H,19,20);;;;/q;2*+1;2*-1/t24-;;;;/m1..../s1. The minimum Gasteiger partial charge on any atom is -1.00 e. The molecule has 3 aromatic rings. The molecule has 130 valence electrons. The number of hydrogen-bond acceptors (Lipinski definition) is 5. The van der Waals surface area contributed by atoms with E-state index in [1.54, 1.807) is 20.4 Å². The van der Waals surface area contributed by atoms with Gasteiger partial charge in [0.15, 0.2) is 5.16 Å². The molecule has 0 aliphatic heterocycles. The molecule has 0 amide bonds. The smallest absolute Gasteiger partial charge is 1.00 e. The molecule has 0 fully saturated rings. The van der Waals surface area contributed by atoms with Crippen molar-refractivity contribution in [3.63, 3.8) is 0 Å². The SMILES string of the molecule is COc1ccc2nc([S@](=O)Cc3ncc(C)c(OC)c3C)[nH]c2c1.[H-].[H-].[Na+].[Na+]. The maximum absolute atomic E-state index is 12.7. The van der Waals surface area contributed by atoms with Gasteiger partial charge in [0.05, 0.1) is 47.5 Å². The topological polar surface area (TPSA) is 77.1 Å². The Kier molecular flexibility index (Phi) is 9.29. The molecule has 0 unspecified atom stereocenters. The summed E-state index contributed by atoms with van der Waals surface area (Å²) in [4.78, 5) is 11.9. The third-order valence-electron chi connectivity index (χ3n) is 3.90. The Morgan fingerprint density at radius 3 is 2.58 bits per heavy atom. The fourth-order valence-electron chi connectivity index (χ4n) is 2.61. The Bertz CT molecular complexity index is 941. The van der Waals surface area contributed by atoms with Gasteiger partial charge in [0, 0.05) is 23.4 Å². The van der Waals surface area contributed by atoms with Crippen molar-refractivity contribution < 1.29 is 75.7 Å². The number of H-pyrrole nitrogens is 1. The summed E-state index contributed by atoms with van der Waals surface area (Å²) < 4.78 is 23.3. The molecule has 0 bridgehead atoms. The van der Waals surface area contributed by atoms with Crippen LogP contribution >= 0.6 is 0 Å². The van der Waals surface area contributed by atoms with Crippen molar-refractivity contribution >= 4 is 21.8 Å². The number of hydrogen-bond donors (Lipinski definition) is 1. The second-order valence-corrected chi connectivity index (χ2v) is 6.83. The van der Waals surface area contributed by atoms with E-state index in [9.17, 15) is 4.21 Å². The van der Waals surface area contributed by atoms with Gasteiger partial charge in [0.2, 0.25) is 0 Å². The zero-order valence-corrected chi connectivity index (χ0v) is 20.9. The van der Waals surface area contributed by atoms with Crippen LogP contribution in [0.5, 0.6) is 11.5 Å². The first-order chi connectivity index (χ1) is 11.5. The number of aryl methyl sites for hydroxylation is 1. The van der Waals surface area contributed by atoms with Crippen LogP contribution in [0.2, 0.25) is 0 Å². The van der Waals surface area contributed by atoms with E-state index < -0.39 is 10.8 Å². The van der Waals surface area contributed by atoms with Crippen LogP contribution in [0.15, 0.2) is 29.6 Å². The normalized spacial score (nSPS) is 11.4. The first-order valence-corrected chi connectivity index (χ1v) is 8.76. The van der Waals surface area contributed by atoms with Crippen molar-refractivity contribution in [2.45, 2.75) is 24.8 Å². The fraction of sp³-hybridized carbons (Fsp3) is 0.294. The maximum atomic E-state index is 12.7. The van der Waals surface area contributed by atoms with Crippen molar-refractivity contribution in [3.8, 4) is 11.5 Å². The summed E-state index contributed by atoms with van der Waals surface area (Å²) in [5.41, 5.74) is 4.16. The summed E-state index contributed by atoms with van der Waals surface area (Å²) in [5.74, 6) is 1.79. The number of aromatic amines is 1. The number of fused-ring (bicyclic) bond motifs is 1. The average molecular weight is 393 g/mol. The van der Waals surface area contributed by atoms with Crippen LogP contribution in [0.25, 0.3) is 11.0 Å². The Hall–Kier alpha value is -0.410. The molecule has 0 spiro atoms. The van der Waals surface area contributed by atoms with E-state index in [1.807, 2.05) is 32.0 Å². The summed E-state index contributed by atoms with van der Waals surface area (Å²) in [6.07, 6.45) is 1.74. The number of pyridine rings is 1. The van der Waals surface area contributed by atoms with E-state index in [4.69, 9.17) is 9.47 Å². The summed E-state index contributed by atoms with van der Waals surface area (Å²) in [7, 11) is 1.91. The molecule has 0 aliphatic carbocycles. The first-order valence-electron chi connectivity index (χ1n) is 7.44. The monoisotopic (exact) mass is 393 g/mol. The van der Waals surface area contributed by atoms with Crippen molar-refractivity contribution in [3.05, 3.63) is 41.2 Å². The number of benzene rings is 1. The molecule has 9 heteroatoms. The van der Waals surface area contributed by atoms with E-state index >= 15 is 0 Å². The van der Waals surface area contributed by atoms with Gasteiger partial charge in [-0.1, -0.05) is 0 Å². The molecule has 1 atom stereocenters. The largest absolute Gasteiger partial charge is 1.00 e. The Balaban J connectivity index is 0. The van der Waals surface area contributed by atoms with Crippen LogP contribution < -0.4 is 68.6 Å². The van der Waals surface area contributed by atoms with Crippen molar-refractivity contribution in [1.29, 1.82) is 0 Å². The van der Waals surface area contributed by atoms with Crippen molar-refractivity contribution in [2.24, 2.45) is 0 Å². The molecule has 3 rings (SSSR count). The van der Waals surface area contributed by atoms with Crippen LogP contribution in [0.3, 0.4) is 0 Å². The molecule has 0 aliphatic rings. The maximum Gasteiger partial charge on any atom is 1.00 e. The quantitative estimate of drug-likeness (QED) is 0.472. The first kappa shape index (κ1) is 23.6.